The minimum Gasteiger partial charge on any atom is -0.343 e. The van der Waals surface area contributed by atoms with E-state index in [0.717, 1.165) is 32.4 Å². The van der Waals surface area contributed by atoms with Gasteiger partial charge in [0, 0.05) is 19.0 Å². The SMILES string of the molecule is CCN(CC)C(=O)[C@H]1CC=CCC1. The number of amides is 1. The molecule has 0 aromatic carbocycles. The number of nitrogens with zero attached hydrogens (tertiary/aromatic N) is 1. The predicted octanol–water partition coefficient (Wildman–Crippen LogP) is 2.21. The highest BCUT2D eigenvalue weighted by Crippen LogP contribution is 2.20. The molecule has 2 heteroatoms. The normalized spacial score (nSPS) is 21.5. The van der Waals surface area contributed by atoms with Crippen molar-refractivity contribution in [3.05, 3.63) is 12.2 Å². The van der Waals surface area contributed by atoms with Gasteiger partial charge in [-0.05, 0) is 33.1 Å². The van der Waals surface area contributed by atoms with Gasteiger partial charge in [0.05, 0.1) is 0 Å². The maximum Gasteiger partial charge on any atom is 0.225 e. The molecule has 0 aliphatic heterocycles. The zero-order valence-electron chi connectivity index (χ0n) is 8.62. The first-order chi connectivity index (χ1) is 6.29. The van der Waals surface area contributed by atoms with E-state index < -0.39 is 0 Å². The Morgan fingerprint density at radius 1 is 1.38 bits per heavy atom. The fourth-order valence-corrected chi connectivity index (χ4v) is 1.81. The second kappa shape index (κ2) is 5.05. The molecule has 0 spiro atoms. The van der Waals surface area contributed by atoms with Gasteiger partial charge < -0.3 is 4.90 Å². The minimum atomic E-state index is 0.255. The van der Waals surface area contributed by atoms with E-state index in [2.05, 4.69) is 12.2 Å². The van der Waals surface area contributed by atoms with Crippen LogP contribution in [0.2, 0.25) is 0 Å². The van der Waals surface area contributed by atoms with Crippen molar-refractivity contribution in [2.45, 2.75) is 33.1 Å². The van der Waals surface area contributed by atoms with Crippen LogP contribution >= 0.6 is 0 Å². The third-order valence-corrected chi connectivity index (χ3v) is 2.69. The van der Waals surface area contributed by atoms with Crippen LogP contribution < -0.4 is 0 Å². The first-order valence-electron chi connectivity index (χ1n) is 5.23. The number of hydrogen-bond donors (Lipinski definition) is 0. The Balaban J connectivity index is 2.50. The summed E-state index contributed by atoms with van der Waals surface area (Å²) in [5.74, 6) is 0.597. The molecule has 0 bridgehead atoms. The molecule has 1 atom stereocenters. The molecule has 1 aliphatic carbocycles. The summed E-state index contributed by atoms with van der Waals surface area (Å²) in [4.78, 5) is 13.8. The van der Waals surface area contributed by atoms with Crippen LogP contribution in [0.25, 0.3) is 0 Å². The Morgan fingerprint density at radius 2 is 2.08 bits per heavy atom. The van der Waals surface area contributed by atoms with E-state index >= 15 is 0 Å². The third kappa shape index (κ3) is 2.58. The van der Waals surface area contributed by atoms with E-state index in [1.54, 1.807) is 0 Å². The van der Waals surface area contributed by atoms with Crippen LogP contribution in [0, 0.1) is 5.92 Å². The molecule has 0 radical (unpaired) electrons. The number of carbonyl (C=O) groups is 1. The van der Waals surface area contributed by atoms with Crippen molar-refractivity contribution in [3.8, 4) is 0 Å². The Bertz CT molecular complexity index is 194. The zero-order chi connectivity index (χ0) is 9.68. The molecule has 1 aliphatic rings. The largest absolute Gasteiger partial charge is 0.343 e. The molecule has 1 rings (SSSR count). The molecular weight excluding hydrogens is 162 g/mol. The second-order valence-corrected chi connectivity index (χ2v) is 3.49. The zero-order valence-corrected chi connectivity index (χ0v) is 8.62. The lowest BCUT2D eigenvalue weighted by molar-refractivity contribution is -0.135. The molecule has 2 nitrogen and oxygen atoms in total. The standard InChI is InChI=1S/C11H19NO/c1-3-12(4-2)11(13)10-8-6-5-7-9-10/h5-6,10H,3-4,7-9H2,1-2H3/t10-/m0/s1. The monoisotopic (exact) mass is 181 g/mol. The molecule has 0 fully saturated rings. The van der Waals surface area contributed by atoms with E-state index in [9.17, 15) is 4.79 Å². The van der Waals surface area contributed by atoms with Gasteiger partial charge in [-0.15, -0.1) is 0 Å². The van der Waals surface area contributed by atoms with Gasteiger partial charge in [-0.2, -0.15) is 0 Å². The highest BCUT2D eigenvalue weighted by molar-refractivity contribution is 5.79. The fraction of sp³-hybridized carbons (Fsp3) is 0.727. The number of allylic oxidation sites excluding steroid dienone is 2. The first kappa shape index (κ1) is 10.3. The second-order valence-electron chi connectivity index (χ2n) is 3.49. The van der Waals surface area contributed by atoms with Crippen LogP contribution in [0.4, 0.5) is 0 Å². The van der Waals surface area contributed by atoms with E-state index in [4.69, 9.17) is 0 Å². The van der Waals surface area contributed by atoms with Gasteiger partial charge in [0.15, 0.2) is 0 Å². The smallest absolute Gasteiger partial charge is 0.225 e. The molecule has 0 aromatic rings. The molecule has 13 heavy (non-hydrogen) atoms. The summed E-state index contributed by atoms with van der Waals surface area (Å²) in [5.41, 5.74) is 0. The summed E-state index contributed by atoms with van der Waals surface area (Å²) in [6, 6.07) is 0. The van der Waals surface area contributed by atoms with Crippen molar-refractivity contribution < 1.29 is 4.79 Å². The third-order valence-electron chi connectivity index (χ3n) is 2.69. The number of carbonyl (C=O) groups excluding carboxylic acids is 1. The van der Waals surface area contributed by atoms with Crippen molar-refractivity contribution in [2.24, 2.45) is 5.92 Å². The van der Waals surface area contributed by atoms with Gasteiger partial charge in [-0.3, -0.25) is 4.79 Å². The number of hydrogen-bond acceptors (Lipinski definition) is 1. The van der Waals surface area contributed by atoms with Gasteiger partial charge in [0.2, 0.25) is 5.91 Å². The lowest BCUT2D eigenvalue weighted by atomic mass is 9.93. The van der Waals surface area contributed by atoms with Crippen molar-refractivity contribution in [2.75, 3.05) is 13.1 Å². The van der Waals surface area contributed by atoms with Gasteiger partial charge in [-0.1, -0.05) is 12.2 Å². The Morgan fingerprint density at radius 3 is 2.54 bits per heavy atom. The summed E-state index contributed by atoms with van der Waals surface area (Å²) in [6.45, 7) is 5.77. The van der Waals surface area contributed by atoms with Crippen molar-refractivity contribution in [1.29, 1.82) is 0 Å². The van der Waals surface area contributed by atoms with Crippen LogP contribution in [0.3, 0.4) is 0 Å². The van der Waals surface area contributed by atoms with E-state index in [-0.39, 0.29) is 5.92 Å². The lowest BCUT2D eigenvalue weighted by Gasteiger charge is -2.25. The Labute approximate surface area is 80.6 Å². The fourth-order valence-electron chi connectivity index (χ4n) is 1.81. The van der Waals surface area contributed by atoms with Crippen LogP contribution in [0.15, 0.2) is 12.2 Å². The average molecular weight is 181 g/mol. The van der Waals surface area contributed by atoms with Gasteiger partial charge in [-0.25, -0.2) is 0 Å². The molecule has 0 heterocycles. The quantitative estimate of drug-likeness (QED) is 0.611. The van der Waals surface area contributed by atoms with Crippen molar-refractivity contribution in [3.63, 3.8) is 0 Å². The molecular formula is C11H19NO. The van der Waals surface area contributed by atoms with E-state index in [1.165, 1.54) is 0 Å². The molecule has 0 N–H and O–H groups in total. The lowest BCUT2D eigenvalue weighted by Crippen LogP contribution is -2.36. The van der Waals surface area contributed by atoms with Gasteiger partial charge >= 0.3 is 0 Å². The minimum absolute atomic E-state index is 0.255. The number of rotatable bonds is 3. The highest BCUT2D eigenvalue weighted by Gasteiger charge is 2.21. The van der Waals surface area contributed by atoms with Gasteiger partial charge in [0.1, 0.15) is 0 Å². The van der Waals surface area contributed by atoms with Crippen LogP contribution in [-0.4, -0.2) is 23.9 Å². The summed E-state index contributed by atoms with van der Waals surface area (Å²) >= 11 is 0. The van der Waals surface area contributed by atoms with Crippen molar-refractivity contribution in [1.82, 2.24) is 4.90 Å². The summed E-state index contributed by atoms with van der Waals surface area (Å²) in [5, 5.41) is 0. The molecule has 1 amide bonds. The molecule has 0 saturated carbocycles. The first-order valence-corrected chi connectivity index (χ1v) is 5.23. The predicted molar refractivity (Wildman–Crippen MR) is 54.4 cm³/mol. The average Bonchev–Trinajstić information content (AvgIpc) is 2.21. The van der Waals surface area contributed by atoms with E-state index in [0.29, 0.717) is 5.91 Å². The summed E-state index contributed by atoms with van der Waals surface area (Å²) < 4.78 is 0. The molecule has 74 valence electrons. The topological polar surface area (TPSA) is 20.3 Å². The van der Waals surface area contributed by atoms with Crippen molar-refractivity contribution >= 4 is 5.91 Å². The maximum atomic E-state index is 11.9. The molecule has 0 unspecified atom stereocenters. The van der Waals surface area contributed by atoms with Crippen LogP contribution in [-0.2, 0) is 4.79 Å². The van der Waals surface area contributed by atoms with Gasteiger partial charge in [0.25, 0.3) is 0 Å². The molecule has 0 aromatic heterocycles. The van der Waals surface area contributed by atoms with E-state index in [1.807, 2.05) is 18.7 Å². The Hall–Kier alpha value is -0.790. The highest BCUT2D eigenvalue weighted by atomic mass is 16.2. The Kier molecular flexibility index (Phi) is 4.00. The maximum absolute atomic E-state index is 11.9. The van der Waals surface area contributed by atoms with Crippen LogP contribution in [0.5, 0.6) is 0 Å². The summed E-state index contributed by atoms with van der Waals surface area (Å²) in [7, 11) is 0. The summed E-state index contributed by atoms with van der Waals surface area (Å²) in [6.07, 6.45) is 7.35. The van der Waals surface area contributed by atoms with Crippen LogP contribution in [0.1, 0.15) is 33.1 Å². The molecule has 0 saturated heterocycles.